The zero-order valence-corrected chi connectivity index (χ0v) is 17.1. The quantitative estimate of drug-likeness (QED) is 0.506. The topological polar surface area (TPSA) is 67.1 Å². The van der Waals surface area contributed by atoms with Crippen molar-refractivity contribution in [1.82, 2.24) is 25.4 Å². The molecule has 7 heteroatoms. The lowest BCUT2D eigenvalue weighted by Crippen LogP contribution is -2.36. The van der Waals surface area contributed by atoms with Gasteiger partial charge in [0.15, 0.2) is 5.96 Å². The van der Waals surface area contributed by atoms with E-state index in [1.165, 1.54) is 4.88 Å². The molecule has 2 heterocycles. The average molecular weight is 383 g/mol. The number of hydrogen-bond donors (Lipinski definition) is 2. The van der Waals surface area contributed by atoms with E-state index < -0.39 is 0 Å². The second kappa shape index (κ2) is 8.81. The summed E-state index contributed by atoms with van der Waals surface area (Å²) in [5.41, 5.74) is 4.34. The molecule has 27 heavy (non-hydrogen) atoms. The summed E-state index contributed by atoms with van der Waals surface area (Å²) < 4.78 is 1.99. The SMILES string of the molecule is CCNC(=NCc1ccccc1-n1nc(C)cc1C)NCc1cnc(C)s1. The standard InChI is InChI=1S/C20H26N6S/c1-5-21-20(24-13-18-12-22-16(4)27-18)23-11-17-8-6-7-9-19(17)26-15(3)10-14(2)25-26/h6-10,12H,5,11,13H2,1-4H3,(H2,21,23,24). The van der Waals surface area contributed by atoms with Crippen molar-refractivity contribution in [2.24, 2.45) is 4.99 Å². The number of aromatic nitrogens is 3. The van der Waals surface area contributed by atoms with E-state index in [9.17, 15) is 0 Å². The van der Waals surface area contributed by atoms with Crippen LogP contribution < -0.4 is 10.6 Å². The molecule has 0 saturated heterocycles. The molecule has 0 spiro atoms. The minimum absolute atomic E-state index is 0.575. The van der Waals surface area contributed by atoms with Gasteiger partial charge in [0.05, 0.1) is 29.5 Å². The Kier molecular flexibility index (Phi) is 6.24. The number of thiazole rings is 1. The molecule has 142 valence electrons. The van der Waals surface area contributed by atoms with E-state index in [1.54, 1.807) is 11.3 Å². The molecule has 2 N–H and O–H groups in total. The van der Waals surface area contributed by atoms with E-state index in [2.05, 4.69) is 52.8 Å². The maximum Gasteiger partial charge on any atom is 0.191 e. The van der Waals surface area contributed by atoms with Gasteiger partial charge in [0.25, 0.3) is 0 Å². The molecule has 0 aliphatic rings. The Bertz CT molecular complexity index is 924. The van der Waals surface area contributed by atoms with Gasteiger partial charge in [0.2, 0.25) is 0 Å². The van der Waals surface area contributed by atoms with Gasteiger partial charge in [0.1, 0.15) is 0 Å². The smallest absolute Gasteiger partial charge is 0.191 e. The summed E-state index contributed by atoms with van der Waals surface area (Å²) in [6.07, 6.45) is 1.91. The van der Waals surface area contributed by atoms with Gasteiger partial charge in [-0.2, -0.15) is 5.10 Å². The van der Waals surface area contributed by atoms with E-state index in [4.69, 9.17) is 4.99 Å². The fourth-order valence-electron chi connectivity index (χ4n) is 2.89. The van der Waals surface area contributed by atoms with E-state index in [0.29, 0.717) is 6.54 Å². The molecule has 0 aliphatic heterocycles. The predicted molar refractivity (Wildman–Crippen MR) is 112 cm³/mol. The van der Waals surface area contributed by atoms with Crippen molar-refractivity contribution in [1.29, 1.82) is 0 Å². The fourth-order valence-corrected chi connectivity index (χ4v) is 3.62. The van der Waals surface area contributed by atoms with Crippen LogP contribution in [0.15, 0.2) is 41.5 Å². The van der Waals surface area contributed by atoms with Crippen molar-refractivity contribution in [2.45, 2.75) is 40.8 Å². The number of aryl methyl sites for hydroxylation is 3. The van der Waals surface area contributed by atoms with Crippen LogP contribution in [0.5, 0.6) is 0 Å². The molecule has 1 aromatic carbocycles. The van der Waals surface area contributed by atoms with Gasteiger partial charge < -0.3 is 10.6 Å². The van der Waals surface area contributed by atoms with Crippen LogP contribution in [0.4, 0.5) is 0 Å². The Labute approximate surface area is 164 Å². The Balaban J connectivity index is 1.77. The lowest BCUT2D eigenvalue weighted by Gasteiger charge is -2.12. The Morgan fingerprint density at radius 3 is 2.67 bits per heavy atom. The first kappa shape index (κ1) is 19.1. The predicted octanol–water partition coefficient (Wildman–Crippen LogP) is 3.51. The first-order valence-electron chi connectivity index (χ1n) is 9.12. The maximum absolute atomic E-state index is 4.77. The zero-order chi connectivity index (χ0) is 19.2. The third kappa shape index (κ3) is 4.95. The van der Waals surface area contributed by atoms with Gasteiger partial charge in [-0.05, 0) is 45.4 Å². The Hall–Kier alpha value is -2.67. The number of benzene rings is 1. The normalized spacial score (nSPS) is 11.6. The molecule has 0 atom stereocenters. The number of rotatable bonds is 6. The second-order valence-corrected chi connectivity index (χ2v) is 7.68. The van der Waals surface area contributed by atoms with Crippen LogP contribution in [0.25, 0.3) is 5.69 Å². The monoisotopic (exact) mass is 382 g/mol. The fraction of sp³-hybridized carbons (Fsp3) is 0.350. The lowest BCUT2D eigenvalue weighted by molar-refractivity contribution is 0.803. The van der Waals surface area contributed by atoms with Gasteiger partial charge >= 0.3 is 0 Å². The number of guanidine groups is 1. The maximum atomic E-state index is 4.77. The van der Waals surface area contributed by atoms with Crippen molar-refractivity contribution in [2.75, 3.05) is 6.54 Å². The first-order valence-corrected chi connectivity index (χ1v) is 9.93. The van der Waals surface area contributed by atoms with E-state index in [0.717, 1.165) is 46.7 Å². The third-order valence-electron chi connectivity index (χ3n) is 4.08. The highest BCUT2D eigenvalue weighted by Crippen LogP contribution is 2.18. The molecule has 0 bridgehead atoms. The number of hydrogen-bond acceptors (Lipinski definition) is 4. The molecule has 0 fully saturated rings. The first-order chi connectivity index (χ1) is 13.1. The zero-order valence-electron chi connectivity index (χ0n) is 16.3. The van der Waals surface area contributed by atoms with Crippen LogP contribution in [-0.2, 0) is 13.1 Å². The summed E-state index contributed by atoms with van der Waals surface area (Å²) in [7, 11) is 0. The minimum atomic E-state index is 0.575. The van der Waals surface area contributed by atoms with Crippen LogP contribution in [0.1, 0.15) is 33.8 Å². The van der Waals surface area contributed by atoms with E-state index in [1.807, 2.05) is 36.9 Å². The molecular weight excluding hydrogens is 356 g/mol. The molecule has 0 aliphatic carbocycles. The molecule has 2 aromatic heterocycles. The van der Waals surface area contributed by atoms with Crippen LogP contribution in [0, 0.1) is 20.8 Å². The highest BCUT2D eigenvalue weighted by atomic mass is 32.1. The van der Waals surface area contributed by atoms with Gasteiger partial charge in [-0.15, -0.1) is 11.3 Å². The van der Waals surface area contributed by atoms with Crippen LogP contribution >= 0.6 is 11.3 Å². The molecule has 0 unspecified atom stereocenters. The van der Waals surface area contributed by atoms with Crippen LogP contribution in [0.2, 0.25) is 0 Å². The second-order valence-electron chi connectivity index (χ2n) is 6.36. The van der Waals surface area contributed by atoms with Gasteiger partial charge in [-0.25, -0.2) is 14.7 Å². The molecule has 3 aromatic rings. The van der Waals surface area contributed by atoms with Gasteiger partial charge in [-0.3, -0.25) is 0 Å². The van der Waals surface area contributed by atoms with Crippen molar-refractivity contribution < 1.29 is 0 Å². The van der Waals surface area contributed by atoms with Crippen molar-refractivity contribution in [3.63, 3.8) is 0 Å². The van der Waals surface area contributed by atoms with E-state index >= 15 is 0 Å². The molecular formula is C20H26N6S. The summed E-state index contributed by atoms with van der Waals surface area (Å²) in [4.78, 5) is 10.3. The number of nitrogens with one attached hydrogen (secondary N) is 2. The summed E-state index contributed by atoms with van der Waals surface area (Å²) in [6.45, 7) is 10.3. The van der Waals surface area contributed by atoms with Crippen LogP contribution in [0.3, 0.4) is 0 Å². The largest absolute Gasteiger partial charge is 0.357 e. The number of nitrogens with zero attached hydrogens (tertiary/aromatic N) is 4. The molecule has 0 radical (unpaired) electrons. The minimum Gasteiger partial charge on any atom is -0.357 e. The highest BCUT2D eigenvalue weighted by molar-refractivity contribution is 7.11. The summed E-state index contributed by atoms with van der Waals surface area (Å²) in [5, 5.41) is 12.4. The Morgan fingerprint density at radius 1 is 1.19 bits per heavy atom. The lowest BCUT2D eigenvalue weighted by atomic mass is 10.2. The van der Waals surface area contributed by atoms with Crippen molar-refractivity contribution in [3.05, 3.63) is 63.4 Å². The van der Waals surface area contributed by atoms with Gasteiger partial charge in [0, 0.05) is 23.3 Å². The van der Waals surface area contributed by atoms with Gasteiger partial charge in [-0.1, -0.05) is 18.2 Å². The number of para-hydroxylation sites is 1. The summed E-state index contributed by atoms with van der Waals surface area (Å²) >= 11 is 1.70. The number of aliphatic imine (C=N–C) groups is 1. The van der Waals surface area contributed by atoms with E-state index in [-0.39, 0.29) is 0 Å². The average Bonchev–Trinajstić information content (AvgIpc) is 3.22. The highest BCUT2D eigenvalue weighted by Gasteiger charge is 2.09. The molecule has 0 amide bonds. The Morgan fingerprint density at radius 2 is 2.00 bits per heavy atom. The molecule has 3 rings (SSSR count). The van der Waals surface area contributed by atoms with Crippen LogP contribution in [-0.4, -0.2) is 27.3 Å². The summed E-state index contributed by atoms with van der Waals surface area (Å²) in [6, 6.07) is 10.4. The third-order valence-corrected chi connectivity index (χ3v) is 4.99. The van der Waals surface area contributed by atoms with Crippen molar-refractivity contribution in [3.8, 4) is 5.69 Å². The van der Waals surface area contributed by atoms with Crippen molar-refractivity contribution >= 4 is 17.3 Å². The molecule has 0 saturated carbocycles. The molecule has 6 nitrogen and oxygen atoms in total. The summed E-state index contributed by atoms with van der Waals surface area (Å²) in [5.74, 6) is 0.798.